The van der Waals surface area contributed by atoms with Gasteiger partial charge in [-0.05, 0) is 36.4 Å². The molecule has 6 nitrogen and oxygen atoms in total. The molecule has 0 aliphatic carbocycles. The number of hydrogen-bond acceptors (Lipinski definition) is 3. The van der Waals surface area contributed by atoms with Crippen LogP contribution in [0.2, 0.25) is 0 Å². The fraction of sp³-hybridized carbons (Fsp3) is 0.130. The molecule has 2 amide bonds. The van der Waals surface area contributed by atoms with Gasteiger partial charge in [0.05, 0.1) is 18.1 Å². The fourth-order valence-corrected chi connectivity index (χ4v) is 3.24. The molecule has 0 unspecified atom stereocenters. The van der Waals surface area contributed by atoms with Crippen molar-refractivity contribution in [2.45, 2.75) is 6.54 Å². The molecule has 1 aromatic heterocycles. The van der Waals surface area contributed by atoms with Crippen LogP contribution in [0.5, 0.6) is 5.75 Å². The Bertz CT molecular complexity index is 1100. The molecule has 146 valence electrons. The van der Waals surface area contributed by atoms with Gasteiger partial charge in [-0.25, -0.2) is 9.78 Å². The first-order chi connectivity index (χ1) is 14.2. The minimum atomic E-state index is -0.249. The van der Waals surface area contributed by atoms with Crippen molar-refractivity contribution in [2.24, 2.45) is 0 Å². The number of nitrogens with zero attached hydrogens (tertiary/aromatic N) is 2. The van der Waals surface area contributed by atoms with Gasteiger partial charge in [0, 0.05) is 24.3 Å². The van der Waals surface area contributed by atoms with Gasteiger partial charge in [0.2, 0.25) is 0 Å². The molecule has 1 heterocycles. The van der Waals surface area contributed by atoms with Crippen molar-refractivity contribution in [3.05, 3.63) is 78.9 Å². The summed E-state index contributed by atoms with van der Waals surface area (Å²) in [6, 6.07) is 25.1. The minimum absolute atomic E-state index is 0.249. The maximum absolute atomic E-state index is 12.2. The molecule has 0 aliphatic rings. The summed E-state index contributed by atoms with van der Waals surface area (Å²) < 4.78 is 7.26. The van der Waals surface area contributed by atoms with Gasteiger partial charge in [-0.15, -0.1) is 0 Å². The number of aromatic nitrogens is 2. The van der Waals surface area contributed by atoms with E-state index < -0.39 is 0 Å². The quantitative estimate of drug-likeness (QED) is 0.511. The van der Waals surface area contributed by atoms with Gasteiger partial charge in [-0.3, -0.25) is 0 Å². The van der Waals surface area contributed by atoms with Gasteiger partial charge in [0.15, 0.2) is 0 Å². The van der Waals surface area contributed by atoms with Crippen LogP contribution in [0.15, 0.2) is 78.9 Å². The van der Waals surface area contributed by atoms with Crippen LogP contribution in [-0.4, -0.2) is 29.2 Å². The standard InChI is InChI=1S/C23H22N4O2/c1-29-19-13-11-18(12-14-19)25-23(28)24-15-16-27-21-10-6-5-9-20(21)26-22(27)17-7-3-2-4-8-17/h2-14H,15-16H2,1H3,(H2,24,25,28). The molecule has 4 aromatic rings. The average molecular weight is 386 g/mol. The predicted molar refractivity (Wildman–Crippen MR) is 115 cm³/mol. The molecular weight excluding hydrogens is 364 g/mol. The van der Waals surface area contributed by atoms with E-state index in [9.17, 15) is 4.79 Å². The Balaban J connectivity index is 1.46. The van der Waals surface area contributed by atoms with Crippen molar-refractivity contribution in [1.82, 2.24) is 14.9 Å². The Kier molecular flexibility index (Phi) is 5.42. The second kappa shape index (κ2) is 8.48. The van der Waals surface area contributed by atoms with E-state index in [-0.39, 0.29) is 6.03 Å². The molecule has 0 fully saturated rings. The largest absolute Gasteiger partial charge is 0.497 e. The van der Waals surface area contributed by atoms with Crippen LogP contribution in [0, 0.1) is 0 Å². The zero-order valence-electron chi connectivity index (χ0n) is 16.1. The van der Waals surface area contributed by atoms with Crippen LogP contribution < -0.4 is 15.4 Å². The van der Waals surface area contributed by atoms with E-state index in [1.54, 1.807) is 31.4 Å². The van der Waals surface area contributed by atoms with Crippen LogP contribution in [0.3, 0.4) is 0 Å². The smallest absolute Gasteiger partial charge is 0.319 e. The number of anilines is 1. The number of methoxy groups -OCH3 is 1. The number of imidazole rings is 1. The highest BCUT2D eigenvalue weighted by atomic mass is 16.5. The van der Waals surface area contributed by atoms with Gasteiger partial charge in [0.1, 0.15) is 11.6 Å². The Hall–Kier alpha value is -3.80. The SMILES string of the molecule is COc1ccc(NC(=O)NCCn2c(-c3ccccc3)nc3ccccc32)cc1. The van der Waals surface area contributed by atoms with Gasteiger partial charge < -0.3 is 19.9 Å². The Labute approximate surface area is 169 Å². The fourth-order valence-electron chi connectivity index (χ4n) is 3.24. The van der Waals surface area contributed by atoms with Gasteiger partial charge >= 0.3 is 6.03 Å². The second-order valence-corrected chi connectivity index (χ2v) is 6.55. The molecule has 0 saturated heterocycles. The number of hydrogen-bond donors (Lipinski definition) is 2. The number of fused-ring (bicyclic) bond motifs is 1. The molecule has 0 spiro atoms. The first kappa shape index (κ1) is 18.6. The molecular formula is C23H22N4O2. The van der Waals surface area contributed by atoms with E-state index in [2.05, 4.69) is 15.2 Å². The highest BCUT2D eigenvalue weighted by molar-refractivity contribution is 5.89. The number of amides is 2. The maximum atomic E-state index is 12.2. The second-order valence-electron chi connectivity index (χ2n) is 6.55. The molecule has 0 saturated carbocycles. The summed E-state index contributed by atoms with van der Waals surface area (Å²) in [7, 11) is 1.61. The number of carbonyl (C=O) groups excluding carboxylic acids is 1. The zero-order valence-corrected chi connectivity index (χ0v) is 16.1. The van der Waals surface area contributed by atoms with Crippen molar-refractivity contribution < 1.29 is 9.53 Å². The number of rotatable bonds is 6. The maximum Gasteiger partial charge on any atom is 0.319 e. The summed E-state index contributed by atoms with van der Waals surface area (Å²) in [4.78, 5) is 17.0. The van der Waals surface area contributed by atoms with Crippen LogP contribution in [0.4, 0.5) is 10.5 Å². The van der Waals surface area contributed by atoms with E-state index in [0.29, 0.717) is 18.8 Å². The first-order valence-corrected chi connectivity index (χ1v) is 9.44. The van der Waals surface area contributed by atoms with Crippen molar-refractivity contribution in [3.8, 4) is 17.1 Å². The molecule has 0 aliphatic heterocycles. The molecule has 0 atom stereocenters. The number of nitrogens with one attached hydrogen (secondary N) is 2. The molecule has 29 heavy (non-hydrogen) atoms. The Morgan fingerprint density at radius 2 is 1.69 bits per heavy atom. The lowest BCUT2D eigenvalue weighted by Crippen LogP contribution is -2.31. The molecule has 2 N–H and O–H groups in total. The lowest BCUT2D eigenvalue weighted by Gasteiger charge is -2.11. The van der Waals surface area contributed by atoms with Crippen LogP contribution in [-0.2, 0) is 6.54 Å². The van der Waals surface area contributed by atoms with E-state index in [1.165, 1.54) is 0 Å². The number of carbonyl (C=O) groups is 1. The van der Waals surface area contributed by atoms with Gasteiger partial charge in [-0.2, -0.15) is 0 Å². The minimum Gasteiger partial charge on any atom is -0.497 e. The molecule has 0 radical (unpaired) electrons. The van der Waals surface area contributed by atoms with Crippen molar-refractivity contribution in [1.29, 1.82) is 0 Å². The molecule has 6 heteroatoms. The predicted octanol–water partition coefficient (Wildman–Crippen LogP) is 4.53. The molecule has 4 rings (SSSR count). The lowest BCUT2D eigenvalue weighted by molar-refractivity contribution is 0.251. The summed E-state index contributed by atoms with van der Waals surface area (Å²) in [5.41, 5.74) is 3.74. The number of ether oxygens (including phenoxy) is 1. The highest BCUT2D eigenvalue weighted by Crippen LogP contribution is 2.24. The van der Waals surface area contributed by atoms with Crippen LogP contribution in [0.1, 0.15) is 0 Å². The van der Waals surface area contributed by atoms with Gasteiger partial charge in [-0.1, -0.05) is 42.5 Å². The Morgan fingerprint density at radius 3 is 2.45 bits per heavy atom. The normalized spacial score (nSPS) is 10.7. The van der Waals surface area contributed by atoms with Crippen LogP contribution in [0.25, 0.3) is 22.4 Å². The summed E-state index contributed by atoms with van der Waals surface area (Å²) in [5, 5.41) is 5.74. The first-order valence-electron chi connectivity index (χ1n) is 9.44. The van der Waals surface area contributed by atoms with E-state index in [0.717, 1.165) is 28.2 Å². The molecule has 0 bridgehead atoms. The third-order valence-electron chi connectivity index (χ3n) is 4.66. The highest BCUT2D eigenvalue weighted by Gasteiger charge is 2.12. The van der Waals surface area contributed by atoms with Crippen molar-refractivity contribution >= 4 is 22.8 Å². The van der Waals surface area contributed by atoms with Crippen molar-refractivity contribution in [2.75, 3.05) is 19.0 Å². The number of urea groups is 1. The number of para-hydroxylation sites is 2. The van der Waals surface area contributed by atoms with Crippen molar-refractivity contribution in [3.63, 3.8) is 0 Å². The zero-order chi connectivity index (χ0) is 20.1. The van der Waals surface area contributed by atoms with E-state index >= 15 is 0 Å². The summed E-state index contributed by atoms with van der Waals surface area (Å²) in [6.45, 7) is 1.09. The number of benzene rings is 3. The lowest BCUT2D eigenvalue weighted by atomic mass is 10.2. The topological polar surface area (TPSA) is 68.2 Å². The van der Waals surface area contributed by atoms with Crippen LogP contribution >= 0.6 is 0 Å². The summed E-state index contributed by atoms with van der Waals surface area (Å²) in [6.07, 6.45) is 0. The summed E-state index contributed by atoms with van der Waals surface area (Å²) >= 11 is 0. The van der Waals surface area contributed by atoms with E-state index in [1.807, 2.05) is 54.6 Å². The third-order valence-corrected chi connectivity index (χ3v) is 4.66. The Morgan fingerprint density at radius 1 is 0.966 bits per heavy atom. The van der Waals surface area contributed by atoms with E-state index in [4.69, 9.17) is 9.72 Å². The molecule has 3 aromatic carbocycles. The summed E-state index contributed by atoms with van der Waals surface area (Å²) in [5.74, 6) is 1.64. The average Bonchev–Trinajstić information content (AvgIpc) is 3.14. The monoisotopic (exact) mass is 386 g/mol. The van der Waals surface area contributed by atoms with Gasteiger partial charge in [0.25, 0.3) is 0 Å². The third kappa shape index (κ3) is 4.21.